The van der Waals surface area contributed by atoms with Gasteiger partial charge in [-0.25, -0.2) is 9.69 Å². The summed E-state index contributed by atoms with van der Waals surface area (Å²) in [5.74, 6) is -0.432. The van der Waals surface area contributed by atoms with Crippen LogP contribution in [0, 0.1) is 6.92 Å². The van der Waals surface area contributed by atoms with Gasteiger partial charge in [0.25, 0.3) is 5.91 Å². The first-order valence-corrected chi connectivity index (χ1v) is 5.85. The highest BCUT2D eigenvalue weighted by atomic mass is 16.2. The highest BCUT2D eigenvalue weighted by Crippen LogP contribution is 2.17. The largest absolute Gasteiger partial charge is 0.351 e. The maximum absolute atomic E-state index is 12.3. The third-order valence-electron chi connectivity index (χ3n) is 2.74. The fraction of sp³-hybridized carbons (Fsp3) is 0.0667. The summed E-state index contributed by atoms with van der Waals surface area (Å²) in [6, 6.07) is 14.8. The lowest BCUT2D eigenvalue weighted by molar-refractivity contribution is 0.0995. The summed E-state index contributed by atoms with van der Waals surface area (Å²) in [5.41, 5.74) is 7.23. The van der Waals surface area contributed by atoms with E-state index in [9.17, 15) is 9.59 Å². The molecule has 4 heteroatoms. The monoisotopic (exact) mass is 254 g/mol. The molecule has 0 aromatic heterocycles. The molecule has 3 amide bonds. The van der Waals surface area contributed by atoms with Crippen molar-refractivity contribution in [2.75, 3.05) is 4.90 Å². The second-order valence-corrected chi connectivity index (χ2v) is 4.18. The van der Waals surface area contributed by atoms with Crippen LogP contribution in [-0.2, 0) is 0 Å². The number of urea groups is 1. The Labute approximate surface area is 111 Å². The molecule has 0 aliphatic heterocycles. The lowest BCUT2D eigenvalue weighted by atomic mass is 10.1. The maximum atomic E-state index is 12.3. The SMILES string of the molecule is Cc1ccc(C(=O)N(C(N)=O)c2ccccc2)cc1. The second-order valence-electron chi connectivity index (χ2n) is 4.18. The number of carbonyl (C=O) groups excluding carboxylic acids is 2. The van der Waals surface area contributed by atoms with Crippen molar-refractivity contribution in [3.63, 3.8) is 0 Å². The van der Waals surface area contributed by atoms with E-state index in [1.165, 1.54) is 0 Å². The molecule has 0 spiro atoms. The van der Waals surface area contributed by atoms with Gasteiger partial charge in [0.05, 0.1) is 5.69 Å². The number of carbonyl (C=O) groups is 2. The molecule has 0 bridgehead atoms. The first-order valence-electron chi connectivity index (χ1n) is 5.85. The van der Waals surface area contributed by atoms with Crippen molar-refractivity contribution >= 4 is 17.6 Å². The van der Waals surface area contributed by atoms with Gasteiger partial charge in [0.1, 0.15) is 0 Å². The van der Waals surface area contributed by atoms with Crippen LogP contribution in [0.5, 0.6) is 0 Å². The van der Waals surface area contributed by atoms with Crippen molar-refractivity contribution in [1.82, 2.24) is 0 Å². The Hall–Kier alpha value is -2.62. The molecule has 2 N–H and O–H groups in total. The van der Waals surface area contributed by atoms with Crippen LogP contribution in [0.15, 0.2) is 54.6 Å². The van der Waals surface area contributed by atoms with Gasteiger partial charge >= 0.3 is 6.03 Å². The number of imide groups is 1. The zero-order chi connectivity index (χ0) is 13.8. The van der Waals surface area contributed by atoms with Crippen LogP contribution in [0.25, 0.3) is 0 Å². The summed E-state index contributed by atoms with van der Waals surface area (Å²) >= 11 is 0. The quantitative estimate of drug-likeness (QED) is 0.895. The van der Waals surface area contributed by atoms with Gasteiger partial charge < -0.3 is 5.73 Å². The normalized spacial score (nSPS) is 9.95. The van der Waals surface area contributed by atoms with E-state index in [4.69, 9.17) is 5.73 Å². The number of nitrogens with two attached hydrogens (primary N) is 1. The molecule has 96 valence electrons. The van der Waals surface area contributed by atoms with E-state index in [1.807, 2.05) is 19.1 Å². The molecule has 0 fully saturated rings. The standard InChI is InChI=1S/C15H14N2O2/c1-11-7-9-12(10-8-11)14(18)17(15(16)19)13-5-3-2-4-6-13/h2-10H,1H3,(H2,16,19). The third-order valence-corrected chi connectivity index (χ3v) is 2.74. The van der Waals surface area contributed by atoms with Crippen molar-refractivity contribution in [3.05, 3.63) is 65.7 Å². The zero-order valence-electron chi connectivity index (χ0n) is 10.5. The maximum Gasteiger partial charge on any atom is 0.326 e. The van der Waals surface area contributed by atoms with Gasteiger partial charge in [-0.15, -0.1) is 0 Å². The van der Waals surface area contributed by atoms with E-state index >= 15 is 0 Å². The van der Waals surface area contributed by atoms with Gasteiger partial charge in [-0.3, -0.25) is 4.79 Å². The minimum absolute atomic E-state index is 0.424. The molecule has 4 nitrogen and oxygen atoms in total. The van der Waals surface area contributed by atoms with Crippen molar-refractivity contribution in [2.45, 2.75) is 6.92 Å². The van der Waals surface area contributed by atoms with Crippen molar-refractivity contribution in [2.24, 2.45) is 5.73 Å². The Bertz CT molecular complexity index is 591. The number of para-hydroxylation sites is 1. The smallest absolute Gasteiger partial charge is 0.326 e. The molecule has 2 rings (SSSR count). The highest BCUT2D eigenvalue weighted by molar-refractivity contribution is 6.20. The number of primary amides is 1. The average molecular weight is 254 g/mol. The van der Waals surface area contributed by atoms with Gasteiger partial charge in [-0.05, 0) is 31.2 Å². The number of amides is 3. The molecule has 0 unspecified atom stereocenters. The zero-order valence-corrected chi connectivity index (χ0v) is 10.5. The summed E-state index contributed by atoms with van der Waals surface area (Å²) < 4.78 is 0. The predicted octanol–water partition coefficient (Wildman–Crippen LogP) is 2.72. The number of hydrogen-bond donors (Lipinski definition) is 1. The lowest BCUT2D eigenvalue weighted by Crippen LogP contribution is -2.40. The molecule has 2 aromatic rings. The number of benzene rings is 2. The molecule has 0 saturated carbocycles. The van der Waals surface area contributed by atoms with Crippen LogP contribution in [-0.4, -0.2) is 11.9 Å². The molecule has 0 radical (unpaired) electrons. The lowest BCUT2D eigenvalue weighted by Gasteiger charge is -2.18. The van der Waals surface area contributed by atoms with Crippen LogP contribution < -0.4 is 10.6 Å². The first kappa shape index (κ1) is 12.8. The first-order chi connectivity index (χ1) is 9.09. The molecule has 0 atom stereocenters. The summed E-state index contributed by atoms with van der Waals surface area (Å²) in [4.78, 5) is 24.8. The van der Waals surface area contributed by atoms with Crippen LogP contribution in [0.2, 0.25) is 0 Å². The molecule has 0 saturated heterocycles. The molecule has 0 aliphatic rings. The third kappa shape index (κ3) is 2.80. The minimum Gasteiger partial charge on any atom is -0.351 e. The van der Waals surface area contributed by atoms with E-state index in [0.29, 0.717) is 11.3 Å². The topological polar surface area (TPSA) is 63.4 Å². The molecule has 0 aliphatic carbocycles. The van der Waals surface area contributed by atoms with E-state index in [1.54, 1.807) is 42.5 Å². The Morgan fingerprint density at radius 3 is 2.05 bits per heavy atom. The Kier molecular flexibility index (Phi) is 3.61. The van der Waals surface area contributed by atoms with Gasteiger partial charge in [0, 0.05) is 5.56 Å². The molecule has 19 heavy (non-hydrogen) atoms. The summed E-state index contributed by atoms with van der Waals surface area (Å²) in [6.45, 7) is 1.93. The van der Waals surface area contributed by atoms with Crippen molar-refractivity contribution in [1.29, 1.82) is 0 Å². The molecule has 2 aromatic carbocycles. The van der Waals surface area contributed by atoms with E-state index in [-0.39, 0.29) is 0 Å². The van der Waals surface area contributed by atoms with Gasteiger partial charge in [0.2, 0.25) is 0 Å². The highest BCUT2D eigenvalue weighted by Gasteiger charge is 2.22. The van der Waals surface area contributed by atoms with Gasteiger partial charge in [-0.2, -0.15) is 0 Å². The number of hydrogen-bond acceptors (Lipinski definition) is 2. The number of rotatable bonds is 2. The number of aryl methyl sites for hydroxylation is 1. The predicted molar refractivity (Wildman–Crippen MR) is 74.0 cm³/mol. The van der Waals surface area contributed by atoms with Crippen molar-refractivity contribution in [3.8, 4) is 0 Å². The van der Waals surface area contributed by atoms with Crippen molar-refractivity contribution < 1.29 is 9.59 Å². The van der Waals surface area contributed by atoms with Crippen LogP contribution in [0.1, 0.15) is 15.9 Å². The molecular formula is C15H14N2O2. The Morgan fingerprint density at radius 2 is 1.53 bits per heavy atom. The van der Waals surface area contributed by atoms with Crippen LogP contribution in [0.3, 0.4) is 0 Å². The number of anilines is 1. The Balaban J connectivity index is 2.38. The summed E-state index contributed by atoms with van der Waals surface area (Å²) in [5, 5.41) is 0. The second kappa shape index (κ2) is 5.35. The van der Waals surface area contributed by atoms with Crippen LogP contribution in [0.4, 0.5) is 10.5 Å². The fourth-order valence-corrected chi connectivity index (χ4v) is 1.75. The van der Waals surface area contributed by atoms with Gasteiger partial charge in [0.15, 0.2) is 0 Å². The summed E-state index contributed by atoms with van der Waals surface area (Å²) in [7, 11) is 0. The Morgan fingerprint density at radius 1 is 0.947 bits per heavy atom. The van der Waals surface area contributed by atoms with E-state index in [0.717, 1.165) is 10.5 Å². The molecule has 0 heterocycles. The van der Waals surface area contributed by atoms with Gasteiger partial charge in [-0.1, -0.05) is 35.9 Å². The van der Waals surface area contributed by atoms with E-state index < -0.39 is 11.9 Å². The van der Waals surface area contributed by atoms with E-state index in [2.05, 4.69) is 0 Å². The minimum atomic E-state index is -0.795. The summed E-state index contributed by atoms with van der Waals surface area (Å²) in [6.07, 6.45) is 0. The number of nitrogens with zero attached hydrogens (tertiary/aromatic N) is 1. The van der Waals surface area contributed by atoms with Crippen LogP contribution >= 0.6 is 0 Å². The molecular weight excluding hydrogens is 240 g/mol. The fourth-order valence-electron chi connectivity index (χ4n) is 1.75. The average Bonchev–Trinajstić information content (AvgIpc) is 2.40.